The van der Waals surface area contributed by atoms with Gasteiger partial charge in [-0.1, -0.05) is 13.3 Å². The van der Waals surface area contributed by atoms with Gasteiger partial charge in [0.2, 0.25) is 5.91 Å². The zero-order valence-electron chi connectivity index (χ0n) is 13.4. The lowest BCUT2D eigenvalue weighted by Gasteiger charge is -2.41. The highest BCUT2D eigenvalue weighted by Gasteiger charge is 2.36. The molecule has 20 heavy (non-hydrogen) atoms. The molecule has 0 saturated carbocycles. The number of ether oxygens (including phenoxy) is 2. The third-order valence-electron chi connectivity index (χ3n) is 3.59. The van der Waals surface area contributed by atoms with Crippen molar-refractivity contribution in [3.63, 3.8) is 0 Å². The molecule has 2 atom stereocenters. The molecule has 1 rings (SSSR count). The Labute approximate surface area is 122 Å². The molecular weight excluding hydrogens is 256 g/mol. The van der Waals surface area contributed by atoms with Crippen LogP contribution in [0.5, 0.6) is 0 Å². The minimum absolute atomic E-state index is 0.0770. The number of hydrogen-bond acceptors (Lipinski definition) is 4. The summed E-state index contributed by atoms with van der Waals surface area (Å²) in [5, 5.41) is 0. The molecule has 1 heterocycles. The van der Waals surface area contributed by atoms with E-state index in [9.17, 15) is 4.79 Å². The van der Waals surface area contributed by atoms with Crippen LogP contribution in [-0.2, 0) is 14.3 Å². The van der Waals surface area contributed by atoms with Gasteiger partial charge in [0.15, 0.2) is 5.79 Å². The Hall–Kier alpha value is -0.650. The first-order valence-electron chi connectivity index (χ1n) is 7.67. The predicted molar refractivity (Wildman–Crippen MR) is 79.3 cm³/mol. The largest absolute Gasteiger partial charge is 0.347 e. The number of rotatable bonds is 7. The molecular formula is C15H30N2O3. The summed E-state index contributed by atoms with van der Waals surface area (Å²) in [4.78, 5) is 14.0. The van der Waals surface area contributed by atoms with Crippen LogP contribution < -0.4 is 5.73 Å². The Balaban J connectivity index is 2.50. The molecule has 118 valence electrons. The topological polar surface area (TPSA) is 64.8 Å². The number of carbonyl (C=O) groups excluding carboxylic acids is 1. The van der Waals surface area contributed by atoms with Crippen molar-refractivity contribution in [3.8, 4) is 0 Å². The van der Waals surface area contributed by atoms with Crippen molar-refractivity contribution in [3.05, 3.63) is 0 Å². The first-order chi connectivity index (χ1) is 9.38. The van der Waals surface area contributed by atoms with E-state index < -0.39 is 5.79 Å². The lowest BCUT2D eigenvalue weighted by molar-refractivity contribution is -0.299. The van der Waals surface area contributed by atoms with Gasteiger partial charge >= 0.3 is 0 Å². The van der Waals surface area contributed by atoms with Crippen molar-refractivity contribution >= 4 is 5.91 Å². The molecule has 1 fully saturated rings. The zero-order chi connectivity index (χ0) is 15.2. The molecule has 0 aromatic heterocycles. The van der Waals surface area contributed by atoms with Crippen molar-refractivity contribution in [1.82, 2.24) is 4.90 Å². The molecule has 0 unspecified atom stereocenters. The van der Waals surface area contributed by atoms with Gasteiger partial charge in [-0.3, -0.25) is 4.79 Å². The van der Waals surface area contributed by atoms with Crippen LogP contribution >= 0.6 is 0 Å². The van der Waals surface area contributed by atoms with Crippen molar-refractivity contribution in [2.24, 2.45) is 5.73 Å². The van der Waals surface area contributed by atoms with Gasteiger partial charge < -0.3 is 20.1 Å². The van der Waals surface area contributed by atoms with E-state index in [1.165, 1.54) is 0 Å². The zero-order valence-corrected chi connectivity index (χ0v) is 13.4. The fraction of sp³-hybridized carbons (Fsp3) is 0.933. The Morgan fingerprint density at radius 2 is 2.00 bits per heavy atom. The fourth-order valence-electron chi connectivity index (χ4n) is 2.58. The maximum absolute atomic E-state index is 12.2. The second-order valence-corrected chi connectivity index (χ2v) is 6.07. The van der Waals surface area contributed by atoms with Gasteiger partial charge in [-0.05, 0) is 33.2 Å². The van der Waals surface area contributed by atoms with Crippen LogP contribution in [0.2, 0.25) is 0 Å². The van der Waals surface area contributed by atoms with Crippen LogP contribution in [0.3, 0.4) is 0 Å². The van der Waals surface area contributed by atoms with Gasteiger partial charge in [0.25, 0.3) is 0 Å². The van der Waals surface area contributed by atoms with Crippen LogP contribution in [0.25, 0.3) is 0 Å². The molecule has 0 aromatic carbocycles. The van der Waals surface area contributed by atoms with Crippen molar-refractivity contribution in [1.29, 1.82) is 0 Å². The summed E-state index contributed by atoms with van der Waals surface area (Å²) in [6, 6.07) is 0. The van der Waals surface area contributed by atoms with E-state index in [-0.39, 0.29) is 18.1 Å². The molecule has 5 nitrogen and oxygen atoms in total. The molecule has 5 heteroatoms. The maximum atomic E-state index is 12.2. The first kappa shape index (κ1) is 17.4. The van der Waals surface area contributed by atoms with Crippen LogP contribution in [0.15, 0.2) is 0 Å². The molecule has 2 N–H and O–H groups in total. The summed E-state index contributed by atoms with van der Waals surface area (Å²) in [6.45, 7) is 7.33. The van der Waals surface area contributed by atoms with E-state index in [1.54, 1.807) is 4.90 Å². The molecule has 1 aliphatic heterocycles. The first-order valence-corrected chi connectivity index (χ1v) is 7.67. The van der Waals surface area contributed by atoms with Gasteiger partial charge in [0, 0.05) is 20.0 Å². The number of hydrogen-bond donors (Lipinski definition) is 1. The van der Waals surface area contributed by atoms with Crippen LogP contribution in [0, 0.1) is 0 Å². The molecule has 0 bridgehead atoms. The van der Waals surface area contributed by atoms with Gasteiger partial charge in [-0.25, -0.2) is 0 Å². The Morgan fingerprint density at radius 1 is 1.35 bits per heavy atom. The van der Waals surface area contributed by atoms with Crippen molar-refractivity contribution in [2.75, 3.05) is 20.1 Å². The van der Waals surface area contributed by atoms with E-state index in [4.69, 9.17) is 15.2 Å². The van der Waals surface area contributed by atoms with Crippen molar-refractivity contribution < 1.29 is 14.3 Å². The minimum atomic E-state index is -0.634. The summed E-state index contributed by atoms with van der Waals surface area (Å²) in [5.41, 5.74) is 5.60. The summed E-state index contributed by atoms with van der Waals surface area (Å²) >= 11 is 0. The third kappa shape index (κ3) is 5.77. The SMILES string of the molecule is CCCCN(C)C(=O)C[C@H]1C[C@@H](CCN)OC(C)(C)O1. The summed E-state index contributed by atoms with van der Waals surface area (Å²) in [6.07, 6.45) is 4.12. The average molecular weight is 286 g/mol. The summed E-state index contributed by atoms with van der Waals surface area (Å²) in [7, 11) is 1.86. The molecule has 0 aromatic rings. The van der Waals surface area contributed by atoms with E-state index >= 15 is 0 Å². The predicted octanol–water partition coefficient (Wildman–Crippen LogP) is 1.89. The Bertz CT molecular complexity index is 307. The van der Waals surface area contributed by atoms with Crippen LogP contribution in [-0.4, -0.2) is 48.9 Å². The molecule has 1 saturated heterocycles. The third-order valence-corrected chi connectivity index (χ3v) is 3.59. The number of amides is 1. The number of nitrogens with zero attached hydrogens (tertiary/aromatic N) is 1. The van der Waals surface area contributed by atoms with Gasteiger partial charge in [-0.2, -0.15) is 0 Å². The van der Waals surface area contributed by atoms with E-state index in [0.717, 1.165) is 32.2 Å². The van der Waals surface area contributed by atoms with Crippen LogP contribution in [0.4, 0.5) is 0 Å². The fourth-order valence-corrected chi connectivity index (χ4v) is 2.58. The molecule has 0 aliphatic carbocycles. The highest BCUT2D eigenvalue weighted by Crippen LogP contribution is 2.29. The second kappa shape index (κ2) is 7.96. The monoisotopic (exact) mass is 286 g/mol. The average Bonchev–Trinajstić information content (AvgIpc) is 2.34. The van der Waals surface area contributed by atoms with E-state index in [2.05, 4.69) is 6.92 Å². The lowest BCUT2D eigenvalue weighted by Crippen LogP contribution is -2.46. The standard InChI is InChI=1S/C15H30N2O3/c1-5-6-9-17(4)14(18)11-13-10-12(7-8-16)19-15(2,3)20-13/h12-13H,5-11,16H2,1-4H3/t12-,13-/m1/s1. The highest BCUT2D eigenvalue weighted by atomic mass is 16.7. The van der Waals surface area contributed by atoms with Crippen LogP contribution in [0.1, 0.15) is 52.9 Å². The quantitative estimate of drug-likeness (QED) is 0.776. The van der Waals surface area contributed by atoms with Crippen molar-refractivity contribution in [2.45, 2.75) is 70.9 Å². The molecule has 0 spiro atoms. The Morgan fingerprint density at radius 3 is 2.60 bits per heavy atom. The summed E-state index contributed by atoms with van der Waals surface area (Å²) < 4.78 is 11.7. The maximum Gasteiger partial charge on any atom is 0.224 e. The normalized spacial score (nSPS) is 25.4. The van der Waals surface area contributed by atoms with Gasteiger partial charge in [-0.15, -0.1) is 0 Å². The Kier molecular flexibility index (Phi) is 6.92. The number of nitrogens with two attached hydrogens (primary N) is 1. The van der Waals surface area contributed by atoms with Gasteiger partial charge in [0.05, 0.1) is 18.6 Å². The highest BCUT2D eigenvalue weighted by molar-refractivity contribution is 5.76. The molecule has 1 aliphatic rings. The smallest absolute Gasteiger partial charge is 0.224 e. The number of unbranched alkanes of at least 4 members (excludes halogenated alkanes) is 1. The van der Waals surface area contributed by atoms with E-state index in [1.807, 2.05) is 20.9 Å². The number of carbonyl (C=O) groups is 1. The lowest BCUT2D eigenvalue weighted by atomic mass is 10.0. The van der Waals surface area contributed by atoms with Gasteiger partial charge in [0.1, 0.15) is 0 Å². The molecule has 0 radical (unpaired) electrons. The molecule has 1 amide bonds. The van der Waals surface area contributed by atoms with E-state index in [0.29, 0.717) is 13.0 Å². The minimum Gasteiger partial charge on any atom is -0.347 e. The second-order valence-electron chi connectivity index (χ2n) is 6.07. The summed E-state index contributed by atoms with van der Waals surface area (Å²) in [5.74, 6) is -0.488.